The highest BCUT2D eigenvalue weighted by molar-refractivity contribution is 6.39. The van der Waals surface area contributed by atoms with Crippen LogP contribution in [-0.4, -0.2) is 70.1 Å². The van der Waals surface area contributed by atoms with Gasteiger partial charge in [0.05, 0.1) is 17.8 Å². The molecule has 0 radical (unpaired) electrons. The Morgan fingerprint density at radius 1 is 1.22 bits per heavy atom. The van der Waals surface area contributed by atoms with Gasteiger partial charge in [-0.2, -0.15) is 0 Å². The maximum absolute atomic E-state index is 13.7. The van der Waals surface area contributed by atoms with Crippen LogP contribution in [0.15, 0.2) is 30.1 Å². The Balaban J connectivity index is 1.40. The highest BCUT2D eigenvalue weighted by Crippen LogP contribution is 2.47. The molecule has 2 unspecified atom stereocenters. The molecule has 10 nitrogen and oxygen atoms in total. The summed E-state index contributed by atoms with van der Waals surface area (Å²) in [5.41, 5.74) is 3.93. The minimum absolute atomic E-state index is 0.0674. The monoisotopic (exact) mass is 522 g/mol. The molecular formula is C24H32ClFN6O4. The van der Waals surface area contributed by atoms with E-state index in [1.165, 1.54) is 19.2 Å². The first-order valence-electron chi connectivity index (χ1n) is 11.9. The van der Waals surface area contributed by atoms with Crippen LogP contribution in [0.1, 0.15) is 46.5 Å². The molecule has 2 amide bonds. The van der Waals surface area contributed by atoms with Crippen molar-refractivity contribution in [3.8, 4) is 0 Å². The van der Waals surface area contributed by atoms with Gasteiger partial charge in [0.1, 0.15) is 11.5 Å². The second-order valence-electron chi connectivity index (χ2n) is 10.2. The van der Waals surface area contributed by atoms with Crippen LogP contribution in [0.2, 0.25) is 5.02 Å². The fraction of sp³-hybridized carbons (Fsp3) is 0.542. The average molecular weight is 523 g/mol. The largest absolute Gasteiger partial charge is 0.469 e. The Morgan fingerprint density at radius 3 is 2.67 bits per heavy atom. The third-order valence-corrected chi connectivity index (χ3v) is 7.35. The van der Waals surface area contributed by atoms with Crippen LogP contribution in [-0.2, 0) is 19.1 Å². The molecule has 3 aliphatic rings. The molecule has 1 aromatic rings. The van der Waals surface area contributed by atoms with E-state index in [4.69, 9.17) is 16.3 Å². The van der Waals surface area contributed by atoms with Crippen molar-refractivity contribution >= 4 is 35.1 Å². The summed E-state index contributed by atoms with van der Waals surface area (Å²) in [5, 5.41) is 9.27. The maximum atomic E-state index is 13.7. The topological polar surface area (TPSA) is 106 Å². The van der Waals surface area contributed by atoms with Gasteiger partial charge < -0.3 is 15.4 Å². The normalized spacial score (nSPS) is 24.6. The summed E-state index contributed by atoms with van der Waals surface area (Å²) >= 11 is 5.68. The lowest BCUT2D eigenvalue weighted by atomic mass is 9.81. The molecule has 4 rings (SSSR count). The molecule has 0 aliphatic carbocycles. The van der Waals surface area contributed by atoms with Crippen LogP contribution in [0.4, 0.5) is 10.1 Å². The molecule has 0 saturated carbocycles. The molecule has 3 aliphatic heterocycles. The number of halogens is 2. The third kappa shape index (κ3) is 5.14. The van der Waals surface area contributed by atoms with Gasteiger partial charge in [0.15, 0.2) is 0 Å². The number of methoxy groups -OCH3 is 1. The fourth-order valence-electron chi connectivity index (χ4n) is 5.49. The lowest BCUT2D eigenvalue weighted by molar-refractivity contribution is -0.141. The SMILES string of the molecule is COC(=O)CCCN1C=C2CN3C(C)(C)CC(NC(=O)C(=O)Nc4ccc(Cl)c(F)c4)CC3(C)N2N1. The van der Waals surface area contributed by atoms with Gasteiger partial charge in [-0.1, -0.05) is 11.6 Å². The van der Waals surface area contributed by atoms with Gasteiger partial charge in [0.2, 0.25) is 0 Å². The number of carbonyl (C=O) groups is 3. The van der Waals surface area contributed by atoms with Gasteiger partial charge >= 0.3 is 17.8 Å². The summed E-state index contributed by atoms with van der Waals surface area (Å²) in [5.74, 6) is -2.57. The van der Waals surface area contributed by atoms with Crippen LogP contribution in [0.25, 0.3) is 0 Å². The number of anilines is 1. The van der Waals surface area contributed by atoms with Gasteiger partial charge in [0, 0.05) is 49.4 Å². The van der Waals surface area contributed by atoms with Crippen LogP contribution in [0.5, 0.6) is 0 Å². The number of esters is 1. The van der Waals surface area contributed by atoms with Crippen LogP contribution < -0.4 is 16.2 Å². The van der Waals surface area contributed by atoms with E-state index in [1.54, 1.807) is 0 Å². The Labute approximate surface area is 214 Å². The highest BCUT2D eigenvalue weighted by Gasteiger charge is 2.57. The van der Waals surface area contributed by atoms with Crippen molar-refractivity contribution in [3.05, 3.63) is 40.9 Å². The number of nitrogens with zero attached hydrogens (tertiary/aromatic N) is 3. The molecule has 36 heavy (non-hydrogen) atoms. The molecule has 3 heterocycles. The van der Waals surface area contributed by atoms with E-state index in [2.05, 4.69) is 46.8 Å². The second-order valence-corrected chi connectivity index (χ2v) is 10.6. The van der Waals surface area contributed by atoms with E-state index in [-0.39, 0.29) is 28.3 Å². The molecule has 196 valence electrons. The zero-order valence-electron chi connectivity index (χ0n) is 20.9. The molecule has 1 aromatic carbocycles. The van der Waals surface area contributed by atoms with E-state index in [0.29, 0.717) is 32.2 Å². The summed E-state index contributed by atoms with van der Waals surface area (Å²) < 4.78 is 18.4. The quantitative estimate of drug-likeness (QED) is 0.386. The smallest absolute Gasteiger partial charge is 0.313 e. The van der Waals surface area contributed by atoms with E-state index in [0.717, 1.165) is 18.3 Å². The molecule has 2 atom stereocenters. The molecule has 2 fully saturated rings. The van der Waals surface area contributed by atoms with Gasteiger partial charge in [-0.25, -0.2) is 4.39 Å². The van der Waals surface area contributed by atoms with Crippen molar-refractivity contribution in [2.45, 2.75) is 63.7 Å². The number of carbonyl (C=O) groups excluding carboxylic acids is 3. The van der Waals surface area contributed by atoms with E-state index in [1.807, 2.05) is 11.2 Å². The lowest BCUT2D eigenvalue weighted by Crippen LogP contribution is -2.68. The summed E-state index contributed by atoms with van der Waals surface area (Å²) in [4.78, 5) is 39.0. The number of hydrogen-bond donors (Lipinski definition) is 3. The van der Waals surface area contributed by atoms with Crippen LogP contribution >= 0.6 is 11.6 Å². The lowest BCUT2D eigenvalue weighted by Gasteiger charge is -2.54. The Kier molecular flexibility index (Phi) is 7.18. The molecule has 0 spiro atoms. The van der Waals surface area contributed by atoms with Crippen molar-refractivity contribution in [1.29, 1.82) is 0 Å². The predicted octanol–water partition coefficient (Wildman–Crippen LogP) is 2.34. The van der Waals surface area contributed by atoms with Crippen molar-refractivity contribution in [2.75, 3.05) is 25.5 Å². The fourth-order valence-corrected chi connectivity index (χ4v) is 5.60. The number of benzene rings is 1. The first-order valence-corrected chi connectivity index (χ1v) is 12.3. The van der Waals surface area contributed by atoms with Crippen molar-refractivity contribution in [1.82, 2.24) is 25.8 Å². The van der Waals surface area contributed by atoms with E-state index in [9.17, 15) is 18.8 Å². The van der Waals surface area contributed by atoms with Gasteiger partial charge in [-0.3, -0.25) is 29.3 Å². The van der Waals surface area contributed by atoms with Crippen LogP contribution in [0, 0.1) is 5.82 Å². The summed E-state index contributed by atoms with van der Waals surface area (Å²) in [7, 11) is 1.38. The van der Waals surface area contributed by atoms with Gasteiger partial charge in [-0.05, 0) is 51.8 Å². The second kappa shape index (κ2) is 9.87. The minimum Gasteiger partial charge on any atom is -0.469 e. The standard InChI is InChI=1S/C24H32ClFN6O4/c1-23(2)11-16(28-22(35)21(34)27-15-7-8-18(25)19(26)10-15)12-24(3)31(23)14-17-13-30(29-32(17)24)9-5-6-20(33)36-4/h7-8,10,13,16,29H,5-6,9,11-12,14H2,1-4H3,(H,27,34)(H,28,35). The Bertz CT molecular complexity index is 1100. The van der Waals surface area contributed by atoms with Crippen molar-refractivity contribution < 1.29 is 23.5 Å². The summed E-state index contributed by atoms with van der Waals surface area (Å²) in [6, 6.07) is 3.55. The zero-order valence-corrected chi connectivity index (χ0v) is 21.6. The number of ether oxygens (including phenoxy) is 1. The maximum Gasteiger partial charge on any atom is 0.313 e. The summed E-state index contributed by atoms with van der Waals surface area (Å²) in [6.07, 6.45) is 4.26. The Morgan fingerprint density at radius 2 is 1.97 bits per heavy atom. The molecule has 2 saturated heterocycles. The van der Waals surface area contributed by atoms with Crippen molar-refractivity contribution in [3.63, 3.8) is 0 Å². The number of piperidine rings is 1. The van der Waals surface area contributed by atoms with Crippen molar-refractivity contribution in [2.24, 2.45) is 0 Å². The number of hydrogen-bond acceptors (Lipinski definition) is 8. The zero-order chi connectivity index (χ0) is 26.3. The Hall–Kier alpha value is -2.89. The number of amides is 2. The highest BCUT2D eigenvalue weighted by atomic mass is 35.5. The molecule has 0 bridgehead atoms. The molecule has 0 aromatic heterocycles. The third-order valence-electron chi connectivity index (χ3n) is 7.04. The first-order chi connectivity index (χ1) is 16.9. The predicted molar refractivity (Wildman–Crippen MR) is 131 cm³/mol. The number of nitrogens with one attached hydrogen (secondary N) is 3. The number of hydrazine groups is 2. The van der Waals surface area contributed by atoms with Gasteiger partial charge in [0.25, 0.3) is 0 Å². The first kappa shape index (κ1) is 26.2. The molecule has 12 heteroatoms. The molecular weight excluding hydrogens is 491 g/mol. The molecule has 3 N–H and O–H groups in total. The van der Waals surface area contributed by atoms with Crippen LogP contribution in [0.3, 0.4) is 0 Å². The van der Waals surface area contributed by atoms with E-state index < -0.39 is 23.3 Å². The average Bonchev–Trinajstić information content (AvgIpc) is 3.33. The number of rotatable bonds is 6. The summed E-state index contributed by atoms with van der Waals surface area (Å²) in [6.45, 7) is 7.72. The number of fused-ring (bicyclic) bond motifs is 3. The van der Waals surface area contributed by atoms with Gasteiger partial charge in [-0.15, -0.1) is 5.53 Å². The minimum atomic E-state index is -0.870. The van der Waals surface area contributed by atoms with E-state index >= 15 is 0 Å².